The van der Waals surface area contributed by atoms with Gasteiger partial charge in [-0.15, -0.1) is 0 Å². The van der Waals surface area contributed by atoms with Crippen molar-refractivity contribution in [2.45, 2.75) is 44.6 Å². The first-order valence-corrected chi connectivity index (χ1v) is 11.1. The van der Waals surface area contributed by atoms with Gasteiger partial charge in [0.25, 0.3) is 0 Å². The highest BCUT2D eigenvalue weighted by Gasteiger charge is 2.37. The molecule has 1 aromatic carbocycles. The molecule has 0 spiro atoms. The molecule has 214 valence electrons. The predicted octanol–water partition coefficient (Wildman–Crippen LogP) is 3.08. The molecule has 16 heteroatoms. The van der Waals surface area contributed by atoms with E-state index in [1.807, 2.05) is 5.32 Å². The molecule has 0 bridgehead atoms. The molecule has 1 aromatic rings. The maximum Gasteiger partial charge on any atom is 0.416 e. The maximum atomic E-state index is 13.1. The van der Waals surface area contributed by atoms with Crippen LogP contribution in [0.4, 0.5) is 32.0 Å². The summed E-state index contributed by atoms with van der Waals surface area (Å²) < 4.78 is 78.7. The minimum Gasteiger partial charge on any atom is -0.480 e. The Morgan fingerprint density at radius 2 is 1.29 bits per heavy atom. The van der Waals surface area contributed by atoms with Crippen LogP contribution in [-0.4, -0.2) is 87.7 Å². The number of nitrogens with zero attached hydrogens (tertiary/aromatic N) is 2. The molecule has 1 rings (SSSR count). The molecule has 0 radical (unpaired) electrons. The third-order valence-corrected chi connectivity index (χ3v) is 5.15. The van der Waals surface area contributed by atoms with Crippen LogP contribution in [0.3, 0.4) is 0 Å². The van der Waals surface area contributed by atoms with E-state index in [9.17, 15) is 50.6 Å². The Balaban J connectivity index is 3.27. The number of carboxylic acids is 3. The van der Waals surface area contributed by atoms with Crippen molar-refractivity contribution in [1.82, 2.24) is 9.80 Å². The zero-order chi connectivity index (χ0) is 29.3. The van der Waals surface area contributed by atoms with Crippen molar-refractivity contribution in [2.75, 3.05) is 38.0 Å². The van der Waals surface area contributed by atoms with Gasteiger partial charge in [0.1, 0.15) is 0 Å². The number of benzene rings is 1. The van der Waals surface area contributed by atoms with Gasteiger partial charge in [0, 0.05) is 18.3 Å². The van der Waals surface area contributed by atoms with Crippen molar-refractivity contribution in [3.8, 4) is 0 Å². The van der Waals surface area contributed by atoms with Crippen molar-refractivity contribution in [1.29, 1.82) is 0 Å². The zero-order valence-corrected chi connectivity index (χ0v) is 20.1. The van der Waals surface area contributed by atoms with E-state index < -0.39 is 85.2 Å². The second kappa shape index (κ2) is 13.9. The summed E-state index contributed by atoms with van der Waals surface area (Å²) in [6.45, 7) is -1.54. The average molecular weight is 559 g/mol. The average Bonchev–Trinajstić information content (AvgIpc) is 2.73. The van der Waals surface area contributed by atoms with Gasteiger partial charge >= 0.3 is 30.3 Å². The standard InChI is InChI=1S/C22H27F6N3O7/c1-2-3-4-16(8-30(10-18(33)34)11-19(35)36)31(12-20(37)38)9-17(32)29-15-6-13(21(23,24)25)5-14(7-15)22(26,27)28/h5-7,16H,2-4,8-12H2,1H3,(H,29,32)(H,33,34)(H,35,36)(H,37,38). The summed E-state index contributed by atoms with van der Waals surface area (Å²) in [5.74, 6) is -5.30. The Hall–Kier alpha value is -3.40. The van der Waals surface area contributed by atoms with Gasteiger partial charge < -0.3 is 20.6 Å². The van der Waals surface area contributed by atoms with Crippen molar-refractivity contribution in [3.63, 3.8) is 0 Å². The second-order valence-electron chi connectivity index (χ2n) is 8.39. The van der Waals surface area contributed by atoms with E-state index in [-0.39, 0.29) is 19.0 Å². The molecule has 0 aliphatic heterocycles. The van der Waals surface area contributed by atoms with Crippen LogP contribution in [0.15, 0.2) is 18.2 Å². The minimum atomic E-state index is -5.15. The first-order valence-electron chi connectivity index (χ1n) is 11.1. The lowest BCUT2D eigenvalue weighted by molar-refractivity contribution is -0.144. The summed E-state index contributed by atoms with van der Waals surface area (Å²) in [5.41, 5.74) is -4.15. The number of alkyl halides is 6. The number of carboxylic acid groups (broad SMARTS) is 3. The van der Waals surface area contributed by atoms with Gasteiger partial charge in [0.05, 0.1) is 37.3 Å². The monoisotopic (exact) mass is 559 g/mol. The fourth-order valence-corrected chi connectivity index (χ4v) is 3.59. The van der Waals surface area contributed by atoms with E-state index in [0.717, 1.165) is 9.80 Å². The van der Waals surface area contributed by atoms with E-state index in [1.54, 1.807) is 6.92 Å². The van der Waals surface area contributed by atoms with E-state index in [0.29, 0.717) is 25.0 Å². The number of hydrogen-bond acceptors (Lipinski definition) is 6. The topological polar surface area (TPSA) is 147 Å². The second-order valence-corrected chi connectivity index (χ2v) is 8.39. The van der Waals surface area contributed by atoms with Gasteiger partial charge in [-0.05, 0) is 24.6 Å². The maximum absolute atomic E-state index is 13.1. The predicted molar refractivity (Wildman–Crippen MR) is 119 cm³/mol. The Bertz CT molecular complexity index is 952. The molecular weight excluding hydrogens is 532 g/mol. The molecule has 0 aliphatic carbocycles. The number of rotatable bonds is 15. The lowest BCUT2D eigenvalue weighted by atomic mass is 10.1. The Morgan fingerprint density at radius 3 is 1.68 bits per heavy atom. The van der Waals surface area contributed by atoms with E-state index in [1.165, 1.54) is 0 Å². The Morgan fingerprint density at radius 1 is 0.816 bits per heavy atom. The number of aliphatic carboxylic acids is 3. The molecular formula is C22H27F6N3O7. The summed E-state index contributed by atoms with van der Waals surface area (Å²) in [5, 5.41) is 29.4. The minimum absolute atomic E-state index is 0.118. The van der Waals surface area contributed by atoms with Gasteiger partial charge in [-0.2, -0.15) is 26.3 Å². The Labute approximate surface area is 212 Å². The zero-order valence-electron chi connectivity index (χ0n) is 20.1. The first kappa shape index (κ1) is 32.6. The lowest BCUT2D eigenvalue weighted by Gasteiger charge is -2.33. The molecule has 0 aromatic heterocycles. The molecule has 10 nitrogen and oxygen atoms in total. The summed E-state index contributed by atoms with van der Waals surface area (Å²) in [7, 11) is 0. The highest BCUT2D eigenvalue weighted by atomic mass is 19.4. The quantitative estimate of drug-likeness (QED) is 0.238. The summed E-state index contributed by atoms with van der Waals surface area (Å²) in [6.07, 6.45) is -9.07. The summed E-state index contributed by atoms with van der Waals surface area (Å²) in [6, 6.07) is -0.412. The number of hydrogen-bond donors (Lipinski definition) is 4. The molecule has 0 saturated carbocycles. The fraction of sp³-hybridized carbons (Fsp3) is 0.545. The molecule has 0 saturated heterocycles. The number of amides is 1. The molecule has 0 aliphatic rings. The SMILES string of the molecule is CCCCC(CN(CC(=O)O)CC(=O)O)N(CC(=O)O)CC(=O)Nc1cc(C(F)(F)F)cc(C(F)(F)F)c1. The van der Waals surface area contributed by atoms with Crippen molar-refractivity contribution in [2.24, 2.45) is 0 Å². The van der Waals surface area contributed by atoms with Crippen molar-refractivity contribution < 1.29 is 60.8 Å². The van der Waals surface area contributed by atoms with Crippen LogP contribution in [0.5, 0.6) is 0 Å². The summed E-state index contributed by atoms with van der Waals surface area (Å²) in [4.78, 5) is 48.4. The number of carbonyl (C=O) groups is 4. The molecule has 1 unspecified atom stereocenters. The van der Waals surface area contributed by atoms with Gasteiger partial charge in [0.15, 0.2) is 0 Å². The van der Waals surface area contributed by atoms with E-state index in [4.69, 9.17) is 10.2 Å². The number of carbonyl (C=O) groups excluding carboxylic acids is 1. The smallest absolute Gasteiger partial charge is 0.416 e. The van der Waals surface area contributed by atoms with Crippen LogP contribution in [0.25, 0.3) is 0 Å². The van der Waals surface area contributed by atoms with E-state index >= 15 is 0 Å². The van der Waals surface area contributed by atoms with Gasteiger partial charge in [-0.1, -0.05) is 19.8 Å². The molecule has 1 atom stereocenters. The third kappa shape index (κ3) is 11.8. The first-order chi connectivity index (χ1) is 17.4. The number of nitrogens with one attached hydrogen (secondary N) is 1. The van der Waals surface area contributed by atoms with Crippen LogP contribution in [0.2, 0.25) is 0 Å². The number of unbranched alkanes of at least 4 members (excludes halogenated alkanes) is 1. The van der Waals surface area contributed by atoms with Crippen molar-refractivity contribution in [3.05, 3.63) is 29.3 Å². The number of halogens is 6. The van der Waals surface area contributed by atoms with Gasteiger partial charge in [-0.3, -0.25) is 29.0 Å². The van der Waals surface area contributed by atoms with Crippen LogP contribution >= 0.6 is 0 Å². The highest BCUT2D eigenvalue weighted by molar-refractivity contribution is 5.92. The van der Waals surface area contributed by atoms with Crippen molar-refractivity contribution >= 4 is 29.5 Å². The van der Waals surface area contributed by atoms with Gasteiger partial charge in [0.2, 0.25) is 5.91 Å². The van der Waals surface area contributed by atoms with Crippen LogP contribution in [0.1, 0.15) is 37.3 Å². The Kier molecular flexibility index (Phi) is 12.0. The third-order valence-electron chi connectivity index (χ3n) is 5.15. The normalized spacial score (nSPS) is 13.0. The number of anilines is 1. The molecule has 1 amide bonds. The molecule has 0 heterocycles. The summed E-state index contributed by atoms with van der Waals surface area (Å²) >= 11 is 0. The van der Waals surface area contributed by atoms with Crippen LogP contribution < -0.4 is 5.32 Å². The lowest BCUT2D eigenvalue weighted by Crippen LogP contribution is -2.50. The highest BCUT2D eigenvalue weighted by Crippen LogP contribution is 2.37. The fourth-order valence-electron chi connectivity index (χ4n) is 3.59. The van der Waals surface area contributed by atoms with E-state index in [2.05, 4.69) is 0 Å². The largest absolute Gasteiger partial charge is 0.480 e. The molecule has 4 N–H and O–H groups in total. The van der Waals surface area contributed by atoms with Crippen LogP contribution in [-0.2, 0) is 31.5 Å². The molecule has 0 fully saturated rings. The molecule has 38 heavy (non-hydrogen) atoms. The van der Waals surface area contributed by atoms with Crippen LogP contribution in [0, 0.1) is 0 Å². The van der Waals surface area contributed by atoms with Gasteiger partial charge in [-0.25, -0.2) is 0 Å².